The average Bonchev–Trinajstić information content (AvgIpc) is 1.61. The summed E-state index contributed by atoms with van der Waals surface area (Å²) in [5.74, 6) is -0.664. The summed E-state index contributed by atoms with van der Waals surface area (Å²) in [6.07, 6.45) is 10.6. The third kappa shape index (κ3) is 19.2. The molecule has 0 radical (unpaired) electrons. The van der Waals surface area contributed by atoms with Crippen molar-refractivity contribution in [3.8, 4) is 17.1 Å². The number of thiophene rings is 3. The molecule has 5 aromatic carbocycles. The Labute approximate surface area is 691 Å². The van der Waals surface area contributed by atoms with Gasteiger partial charge >= 0.3 is 0 Å². The van der Waals surface area contributed by atoms with Crippen molar-refractivity contribution >= 4 is 191 Å². The number of rotatable bonds is 20. The maximum absolute atomic E-state index is 13.6. The molecule has 3 amide bonds. The summed E-state index contributed by atoms with van der Waals surface area (Å²) < 4.78 is 24.8. The predicted octanol–water partition coefficient (Wildman–Crippen LogP) is 21.6. The second kappa shape index (κ2) is 37.1. The molecule has 564 valence electrons. The van der Waals surface area contributed by atoms with E-state index in [0.717, 1.165) is 84.5 Å². The minimum absolute atomic E-state index is 0.195. The van der Waals surface area contributed by atoms with E-state index in [1.165, 1.54) is 39.6 Å². The molecule has 0 aliphatic carbocycles. The summed E-state index contributed by atoms with van der Waals surface area (Å²) in [6, 6.07) is 51.2. The fourth-order valence-electron chi connectivity index (χ4n) is 12.9. The van der Waals surface area contributed by atoms with Crippen LogP contribution in [0.25, 0.3) is 52.0 Å². The molecular formula is C81H67Cl9N10O7S3. The van der Waals surface area contributed by atoms with Gasteiger partial charge < -0.3 is 35.3 Å². The number of aliphatic hydroxyl groups is 1. The normalized spacial score (nSPS) is 15.0. The van der Waals surface area contributed by atoms with Crippen molar-refractivity contribution in [3.05, 3.63) is 302 Å². The summed E-state index contributed by atoms with van der Waals surface area (Å²) in [6.45, 7) is 6.09. The van der Waals surface area contributed by atoms with Gasteiger partial charge in [0, 0.05) is 75.9 Å². The van der Waals surface area contributed by atoms with Crippen LogP contribution in [-0.4, -0.2) is 90.1 Å². The van der Waals surface area contributed by atoms with E-state index in [4.69, 9.17) is 129 Å². The minimum atomic E-state index is -0.591. The van der Waals surface area contributed by atoms with Crippen LogP contribution in [0.5, 0.6) is 0 Å². The number of amides is 3. The third-order valence-electron chi connectivity index (χ3n) is 17.9. The third-order valence-corrected chi connectivity index (χ3v) is 23.1. The highest BCUT2D eigenvalue weighted by Gasteiger charge is 2.35. The summed E-state index contributed by atoms with van der Waals surface area (Å²) >= 11 is 61.0. The Morgan fingerprint density at radius 1 is 0.500 bits per heavy atom. The van der Waals surface area contributed by atoms with Crippen LogP contribution in [0.15, 0.2) is 176 Å². The van der Waals surface area contributed by atoms with Gasteiger partial charge in [-0.2, -0.15) is 15.3 Å². The van der Waals surface area contributed by atoms with E-state index < -0.39 is 11.9 Å². The van der Waals surface area contributed by atoms with Gasteiger partial charge in [0.1, 0.15) is 0 Å². The number of aliphatic hydroxyl groups excluding tert-OH is 1. The van der Waals surface area contributed by atoms with E-state index in [0.29, 0.717) is 109 Å². The first-order chi connectivity index (χ1) is 53.3. The SMILES string of the molecule is CC(NC(=O)c1nn(-c2ccc(Cl)cc2Cl)c2c1COC/C2=C\c1ccc(Cl)s1)c1ccccn1.CCCC(CNC(=O)c1nn(-c2ccc(Cl)cc2Cl)c2c1COC/C2=C\c1ccc(Cl)s1)Cc1ccccc1.O=C(N[C@H](CO)c1ccccc1)c1nn(-c2ccc(Cl)cc2Cl)c2c1COC/C2=C\c1ccc(Cl)s1. The van der Waals surface area contributed by atoms with Crippen LogP contribution in [0.1, 0.15) is 135 Å². The predicted molar refractivity (Wildman–Crippen MR) is 446 cm³/mol. The molecule has 0 saturated carbocycles. The molecule has 3 aliphatic rings. The number of benzene rings is 5. The van der Waals surface area contributed by atoms with E-state index in [1.807, 2.05) is 134 Å². The zero-order chi connectivity index (χ0) is 77.1. The Balaban J connectivity index is 0.000000145. The zero-order valence-corrected chi connectivity index (χ0v) is 67.9. The number of nitrogens with zero attached hydrogens (tertiary/aromatic N) is 7. The van der Waals surface area contributed by atoms with Gasteiger partial charge in [0.15, 0.2) is 17.1 Å². The molecule has 7 aromatic heterocycles. The van der Waals surface area contributed by atoms with Gasteiger partial charge in [0.2, 0.25) is 0 Å². The maximum Gasteiger partial charge on any atom is 0.272 e. The molecule has 2 unspecified atom stereocenters. The molecule has 3 atom stereocenters. The number of carbonyl (C=O) groups excluding carboxylic acids is 3. The van der Waals surface area contributed by atoms with E-state index >= 15 is 0 Å². The number of aromatic nitrogens is 7. The van der Waals surface area contributed by atoms with Crippen molar-refractivity contribution in [1.82, 2.24) is 50.3 Å². The number of halogens is 9. The number of ether oxygens (including phenoxy) is 3. The average molecular weight is 1710 g/mol. The van der Waals surface area contributed by atoms with Gasteiger partial charge in [-0.25, -0.2) is 14.0 Å². The molecule has 12 aromatic rings. The Kier molecular flexibility index (Phi) is 27.1. The largest absolute Gasteiger partial charge is 0.394 e. The summed E-state index contributed by atoms with van der Waals surface area (Å²) in [5, 5.41) is 36.0. The van der Waals surface area contributed by atoms with Gasteiger partial charge in [-0.3, -0.25) is 19.4 Å². The second-order valence-electron chi connectivity index (χ2n) is 25.6. The Morgan fingerprint density at radius 3 is 1.29 bits per heavy atom. The van der Waals surface area contributed by atoms with E-state index in [1.54, 1.807) is 68.8 Å². The van der Waals surface area contributed by atoms with Crippen LogP contribution in [0.4, 0.5) is 0 Å². The molecule has 0 fully saturated rings. The van der Waals surface area contributed by atoms with Gasteiger partial charge in [-0.15, -0.1) is 34.0 Å². The highest BCUT2D eigenvalue weighted by Crippen LogP contribution is 2.41. The molecule has 4 N–H and O–H groups in total. The quantitative estimate of drug-likeness (QED) is 0.0566. The van der Waals surface area contributed by atoms with Gasteiger partial charge in [-0.05, 0) is 158 Å². The standard InChI is InChI=1S/C30H28Cl3N3O2S.C26H20Cl3N3O3S.C25H19Cl3N4O2S/c1-2-6-20(13-19-7-4-3-5-8-19)16-34-30(37)28-24-18-38-17-21(14-23-10-12-27(33)39-23)29(24)36(35-28)26-11-9-22(31)15-25(26)32;27-17-6-8-22(20(28)11-17)32-25-16(10-18-7-9-23(29)36-18)13-35-14-19(25)24(31-32)26(34)30-21(12-33)15-4-2-1-3-5-15;1-14(20-4-2-3-9-29-20)30-25(33)23-18-13-34-12-15(10-17-6-8-22(28)35-17)24(18)32(31-23)21-7-5-16(26)11-19(21)27/h3-5,7-12,14-15,20H,2,6,13,16-18H2,1H3,(H,34,37);1-11,21,33H,12-14H2,(H,30,34);2-11,14H,12-13H2,1H3,(H,30,33)/b21-14+;16-10+;15-10+/t;21-;/m.1./s1. The van der Waals surface area contributed by atoms with Crippen LogP contribution in [0.3, 0.4) is 0 Å². The number of hydrogen-bond acceptors (Lipinski definition) is 14. The Hall–Kier alpha value is -7.94. The topological polar surface area (TPSA) is 202 Å². The molecule has 15 rings (SSSR count). The molecule has 29 heteroatoms. The van der Waals surface area contributed by atoms with Gasteiger partial charge in [0.05, 0.1) is 126 Å². The smallest absolute Gasteiger partial charge is 0.272 e. The fraction of sp³-hybridized carbons (Fsp3) is 0.198. The Bertz CT molecular complexity index is 5430. The summed E-state index contributed by atoms with van der Waals surface area (Å²) in [5.41, 5.74) is 12.3. The molecule has 110 heavy (non-hydrogen) atoms. The maximum atomic E-state index is 13.6. The summed E-state index contributed by atoms with van der Waals surface area (Å²) in [4.78, 5) is 47.7. The lowest BCUT2D eigenvalue weighted by Crippen LogP contribution is -2.32. The molecule has 3 aliphatic heterocycles. The number of nitrogens with one attached hydrogen (secondary N) is 3. The lowest BCUT2D eigenvalue weighted by atomic mass is 9.95. The van der Waals surface area contributed by atoms with E-state index in [9.17, 15) is 19.5 Å². The second-order valence-corrected chi connectivity index (χ2v) is 33.4. The first kappa shape index (κ1) is 80.1. The van der Waals surface area contributed by atoms with Crippen molar-refractivity contribution in [3.63, 3.8) is 0 Å². The van der Waals surface area contributed by atoms with E-state index in [2.05, 4.69) is 45.1 Å². The molecule has 17 nitrogen and oxygen atoms in total. The van der Waals surface area contributed by atoms with Crippen LogP contribution in [-0.2, 0) is 40.5 Å². The lowest BCUT2D eigenvalue weighted by Gasteiger charge is -2.20. The van der Waals surface area contributed by atoms with Crippen molar-refractivity contribution in [2.45, 2.75) is 65.0 Å². The highest BCUT2D eigenvalue weighted by atomic mass is 35.5. The zero-order valence-electron chi connectivity index (χ0n) is 58.6. The van der Waals surface area contributed by atoms with Crippen molar-refractivity contribution in [2.24, 2.45) is 5.92 Å². The van der Waals surface area contributed by atoms with Crippen LogP contribution in [0.2, 0.25) is 43.1 Å². The monoisotopic (exact) mass is 1700 g/mol. The van der Waals surface area contributed by atoms with E-state index in [-0.39, 0.29) is 55.7 Å². The van der Waals surface area contributed by atoms with Crippen molar-refractivity contribution < 1.29 is 33.7 Å². The minimum Gasteiger partial charge on any atom is -0.394 e. The van der Waals surface area contributed by atoms with Gasteiger partial charge in [-0.1, -0.05) is 184 Å². The molecule has 0 bridgehead atoms. The highest BCUT2D eigenvalue weighted by molar-refractivity contribution is 7.17. The van der Waals surface area contributed by atoms with Crippen LogP contribution < -0.4 is 16.0 Å². The fourth-order valence-corrected chi connectivity index (χ4v) is 17.5. The number of fused-ring (bicyclic) bond motifs is 3. The molecule has 0 saturated heterocycles. The van der Waals surface area contributed by atoms with Crippen LogP contribution >= 0.6 is 138 Å². The molecule has 0 spiro atoms. The number of pyridine rings is 1. The van der Waals surface area contributed by atoms with Crippen molar-refractivity contribution in [2.75, 3.05) is 33.0 Å². The molecule has 10 heterocycles. The van der Waals surface area contributed by atoms with Crippen molar-refractivity contribution in [1.29, 1.82) is 0 Å². The number of hydrogen-bond donors (Lipinski definition) is 4. The van der Waals surface area contributed by atoms with Crippen LogP contribution in [0, 0.1) is 5.92 Å². The Morgan fingerprint density at radius 2 is 0.909 bits per heavy atom. The molecular weight excluding hydrogens is 1640 g/mol. The first-order valence-corrected chi connectivity index (χ1v) is 40.5. The van der Waals surface area contributed by atoms with Gasteiger partial charge in [0.25, 0.3) is 17.7 Å². The first-order valence-electron chi connectivity index (χ1n) is 34.6. The lowest BCUT2D eigenvalue weighted by molar-refractivity contribution is 0.0900. The summed E-state index contributed by atoms with van der Waals surface area (Å²) in [7, 11) is 0. The number of carbonyl (C=O) groups is 3.